The van der Waals surface area contributed by atoms with Crippen molar-refractivity contribution in [3.63, 3.8) is 0 Å². The number of hydrogen-bond acceptors (Lipinski definition) is 4. The lowest BCUT2D eigenvalue weighted by Gasteiger charge is -2.07. The summed E-state index contributed by atoms with van der Waals surface area (Å²) in [6.45, 7) is -0.548. The van der Waals surface area contributed by atoms with Crippen LogP contribution >= 0.6 is 15.9 Å². The fraction of sp³-hybridized carbons (Fsp3) is 0.167. The van der Waals surface area contributed by atoms with Crippen LogP contribution in [-0.2, 0) is 14.3 Å². The molecule has 2 aromatic rings. The molecule has 0 radical (unpaired) electrons. The van der Waals surface area contributed by atoms with Gasteiger partial charge in [-0.25, -0.2) is 4.39 Å². The summed E-state index contributed by atoms with van der Waals surface area (Å²) < 4.78 is 18.9. The summed E-state index contributed by atoms with van der Waals surface area (Å²) in [6, 6.07) is 12.7. The molecule has 1 amide bonds. The second-order valence-electron chi connectivity index (χ2n) is 5.12. The maximum Gasteiger partial charge on any atom is 0.306 e. The molecule has 0 unspecified atom stereocenters. The first kappa shape index (κ1) is 18.8. The number of nitrogens with one attached hydrogen (secondary N) is 1. The molecule has 0 aliphatic carbocycles. The van der Waals surface area contributed by atoms with Crippen molar-refractivity contribution in [2.45, 2.75) is 12.8 Å². The number of carbonyl (C=O) groups excluding carboxylic acids is 3. The molecule has 2 rings (SSSR count). The Balaban J connectivity index is 1.74. The van der Waals surface area contributed by atoms with E-state index in [2.05, 4.69) is 21.2 Å². The number of ketones is 1. The zero-order valence-electron chi connectivity index (χ0n) is 13.1. The first-order valence-electron chi connectivity index (χ1n) is 7.44. The van der Waals surface area contributed by atoms with Gasteiger partial charge in [-0.05, 0) is 18.2 Å². The zero-order valence-corrected chi connectivity index (χ0v) is 14.7. The standard InChI is InChI=1S/C18H15BrFNO4/c19-13-6-7-15(14(20)10-13)21-17(23)11-25-18(24)9-8-16(22)12-4-2-1-3-5-12/h1-7,10H,8-9,11H2,(H,21,23). The molecular formula is C18H15BrFNO4. The molecule has 0 atom stereocenters. The van der Waals surface area contributed by atoms with Crippen LogP contribution in [0.25, 0.3) is 0 Å². The van der Waals surface area contributed by atoms with Gasteiger partial charge < -0.3 is 10.1 Å². The van der Waals surface area contributed by atoms with Crippen LogP contribution in [0.5, 0.6) is 0 Å². The van der Waals surface area contributed by atoms with Crippen LogP contribution in [0.15, 0.2) is 53.0 Å². The van der Waals surface area contributed by atoms with E-state index in [0.717, 1.165) is 0 Å². The summed E-state index contributed by atoms with van der Waals surface area (Å²) in [5, 5.41) is 2.30. The summed E-state index contributed by atoms with van der Waals surface area (Å²) in [5.74, 6) is -2.12. The van der Waals surface area contributed by atoms with Gasteiger partial charge in [-0.3, -0.25) is 14.4 Å². The van der Waals surface area contributed by atoms with E-state index in [1.54, 1.807) is 36.4 Å². The number of hydrogen-bond donors (Lipinski definition) is 1. The Kier molecular flexibility index (Phi) is 6.82. The van der Waals surface area contributed by atoms with Crippen LogP contribution in [-0.4, -0.2) is 24.3 Å². The fourth-order valence-electron chi connectivity index (χ4n) is 1.98. The molecule has 7 heteroatoms. The van der Waals surface area contributed by atoms with Crippen molar-refractivity contribution in [2.24, 2.45) is 0 Å². The van der Waals surface area contributed by atoms with E-state index >= 15 is 0 Å². The summed E-state index contributed by atoms with van der Waals surface area (Å²) in [4.78, 5) is 35.2. The molecule has 0 fully saturated rings. The number of esters is 1. The molecule has 0 bridgehead atoms. The number of amides is 1. The molecule has 0 spiro atoms. The Labute approximate surface area is 152 Å². The number of rotatable bonds is 7. The fourth-order valence-corrected chi connectivity index (χ4v) is 2.31. The molecule has 130 valence electrons. The molecule has 5 nitrogen and oxygen atoms in total. The van der Waals surface area contributed by atoms with Crippen LogP contribution in [0.1, 0.15) is 23.2 Å². The summed E-state index contributed by atoms with van der Waals surface area (Å²) >= 11 is 3.11. The summed E-state index contributed by atoms with van der Waals surface area (Å²) in [7, 11) is 0. The van der Waals surface area contributed by atoms with E-state index in [1.165, 1.54) is 12.1 Å². The quantitative estimate of drug-likeness (QED) is 0.560. The number of halogens is 2. The lowest BCUT2D eigenvalue weighted by atomic mass is 10.1. The van der Waals surface area contributed by atoms with Crippen molar-refractivity contribution >= 4 is 39.3 Å². The van der Waals surface area contributed by atoms with Crippen molar-refractivity contribution < 1.29 is 23.5 Å². The first-order valence-corrected chi connectivity index (χ1v) is 8.24. The highest BCUT2D eigenvalue weighted by Crippen LogP contribution is 2.19. The first-order chi connectivity index (χ1) is 12.0. The molecule has 0 aromatic heterocycles. The molecule has 0 heterocycles. The van der Waals surface area contributed by atoms with E-state index < -0.39 is 24.3 Å². The van der Waals surface area contributed by atoms with Gasteiger partial charge in [0.2, 0.25) is 0 Å². The maximum atomic E-state index is 13.6. The van der Waals surface area contributed by atoms with E-state index in [9.17, 15) is 18.8 Å². The minimum absolute atomic E-state index is 0.00813. The third kappa shape index (κ3) is 6.11. The van der Waals surface area contributed by atoms with Crippen molar-refractivity contribution in [3.8, 4) is 0 Å². The second-order valence-corrected chi connectivity index (χ2v) is 6.04. The molecule has 1 N–H and O–H groups in total. The van der Waals surface area contributed by atoms with Gasteiger partial charge >= 0.3 is 5.97 Å². The van der Waals surface area contributed by atoms with Gasteiger partial charge in [0.15, 0.2) is 12.4 Å². The number of anilines is 1. The number of benzene rings is 2. The highest BCUT2D eigenvalue weighted by molar-refractivity contribution is 9.10. The van der Waals surface area contributed by atoms with Crippen LogP contribution in [0.2, 0.25) is 0 Å². The predicted octanol–water partition coefficient (Wildman–Crippen LogP) is 3.73. The van der Waals surface area contributed by atoms with Crippen molar-refractivity contribution in [3.05, 3.63) is 64.4 Å². The van der Waals surface area contributed by atoms with Crippen LogP contribution < -0.4 is 5.32 Å². The highest BCUT2D eigenvalue weighted by Gasteiger charge is 2.13. The molecule has 25 heavy (non-hydrogen) atoms. The van der Waals surface area contributed by atoms with E-state index in [1.807, 2.05) is 0 Å². The SMILES string of the molecule is O=C(COC(=O)CCC(=O)c1ccccc1)Nc1ccc(Br)cc1F. The number of carbonyl (C=O) groups is 3. The maximum absolute atomic E-state index is 13.6. The van der Waals surface area contributed by atoms with Gasteiger partial charge in [-0.2, -0.15) is 0 Å². The van der Waals surface area contributed by atoms with Gasteiger partial charge in [0, 0.05) is 16.5 Å². The molecule has 0 aliphatic rings. The molecule has 0 aliphatic heterocycles. The molecule has 0 saturated carbocycles. The molecular weight excluding hydrogens is 393 g/mol. The third-order valence-electron chi connectivity index (χ3n) is 3.22. The Morgan fingerprint density at radius 2 is 1.76 bits per heavy atom. The van der Waals surface area contributed by atoms with Gasteiger partial charge in [0.05, 0.1) is 12.1 Å². The largest absolute Gasteiger partial charge is 0.456 e. The molecule has 0 saturated heterocycles. The molecule has 2 aromatic carbocycles. The van der Waals surface area contributed by atoms with Crippen LogP contribution in [0, 0.1) is 5.82 Å². The third-order valence-corrected chi connectivity index (χ3v) is 3.71. The van der Waals surface area contributed by atoms with Gasteiger partial charge in [0.1, 0.15) is 5.82 Å². The topological polar surface area (TPSA) is 72.5 Å². The second kappa shape index (κ2) is 9.08. The number of ether oxygens (including phenoxy) is 1. The van der Waals surface area contributed by atoms with Crippen LogP contribution in [0.3, 0.4) is 0 Å². The smallest absolute Gasteiger partial charge is 0.306 e. The predicted molar refractivity (Wildman–Crippen MR) is 93.7 cm³/mol. The van der Waals surface area contributed by atoms with Gasteiger partial charge in [-0.15, -0.1) is 0 Å². The van der Waals surface area contributed by atoms with E-state index in [-0.39, 0.29) is 24.3 Å². The average molecular weight is 408 g/mol. The Morgan fingerprint density at radius 1 is 1.04 bits per heavy atom. The number of Topliss-reactive ketones (excluding diaryl/α,β-unsaturated/α-hetero) is 1. The lowest BCUT2D eigenvalue weighted by molar-refractivity contribution is -0.147. The summed E-state index contributed by atoms with van der Waals surface area (Å²) in [6.07, 6.45) is -0.139. The Morgan fingerprint density at radius 3 is 2.44 bits per heavy atom. The van der Waals surface area contributed by atoms with Crippen molar-refractivity contribution in [1.29, 1.82) is 0 Å². The van der Waals surface area contributed by atoms with Gasteiger partial charge in [-0.1, -0.05) is 46.3 Å². The minimum Gasteiger partial charge on any atom is -0.456 e. The monoisotopic (exact) mass is 407 g/mol. The Bertz CT molecular complexity index is 780. The Hall–Kier alpha value is -2.54. The van der Waals surface area contributed by atoms with E-state index in [0.29, 0.717) is 10.0 Å². The zero-order chi connectivity index (χ0) is 18.2. The normalized spacial score (nSPS) is 10.2. The van der Waals surface area contributed by atoms with Crippen molar-refractivity contribution in [2.75, 3.05) is 11.9 Å². The highest BCUT2D eigenvalue weighted by atomic mass is 79.9. The summed E-state index contributed by atoms with van der Waals surface area (Å²) in [5.41, 5.74) is 0.502. The average Bonchev–Trinajstić information content (AvgIpc) is 2.61. The van der Waals surface area contributed by atoms with Crippen molar-refractivity contribution in [1.82, 2.24) is 0 Å². The van der Waals surface area contributed by atoms with E-state index in [4.69, 9.17) is 4.74 Å². The lowest BCUT2D eigenvalue weighted by Crippen LogP contribution is -2.21. The minimum atomic E-state index is -0.671. The van der Waals surface area contributed by atoms with Crippen LogP contribution in [0.4, 0.5) is 10.1 Å². The van der Waals surface area contributed by atoms with Gasteiger partial charge in [0.25, 0.3) is 5.91 Å².